The summed E-state index contributed by atoms with van der Waals surface area (Å²) in [5.41, 5.74) is 4.39. The third-order valence-electron chi connectivity index (χ3n) is 6.44. The molecule has 0 radical (unpaired) electrons. The van der Waals surface area contributed by atoms with E-state index in [0.717, 1.165) is 41.5 Å². The summed E-state index contributed by atoms with van der Waals surface area (Å²) in [6, 6.07) is 5.10. The van der Waals surface area contributed by atoms with Gasteiger partial charge in [-0.15, -0.1) is 0 Å². The number of pyridine rings is 2. The average Bonchev–Trinajstić information content (AvgIpc) is 3.25. The predicted octanol–water partition coefficient (Wildman–Crippen LogP) is 5.70. The van der Waals surface area contributed by atoms with Crippen LogP contribution in [0.3, 0.4) is 0 Å². The fourth-order valence-electron chi connectivity index (χ4n) is 4.68. The molecule has 36 heavy (non-hydrogen) atoms. The Bertz CT molecular complexity index is 1340. The van der Waals surface area contributed by atoms with Crippen LogP contribution in [0.1, 0.15) is 74.5 Å². The first-order valence-corrected chi connectivity index (χ1v) is 14.0. The Morgan fingerprint density at radius 1 is 1.17 bits per heavy atom. The Hall–Kier alpha value is -2.71. The number of carbonyl (C=O) groups is 1. The van der Waals surface area contributed by atoms with Crippen molar-refractivity contribution in [3.8, 4) is 11.4 Å². The number of hydrogen-bond acceptors (Lipinski definition) is 6. The molecule has 1 unspecified atom stereocenters. The quantitative estimate of drug-likeness (QED) is 0.272. The van der Waals surface area contributed by atoms with Gasteiger partial charge in [-0.05, 0) is 61.5 Å². The highest BCUT2D eigenvalue weighted by Crippen LogP contribution is 2.37. The minimum atomic E-state index is -1.49. The molecule has 0 saturated heterocycles. The summed E-state index contributed by atoms with van der Waals surface area (Å²) in [5, 5.41) is 11.1. The Labute approximate surface area is 215 Å². The van der Waals surface area contributed by atoms with Crippen LogP contribution in [-0.4, -0.2) is 32.6 Å². The molecule has 2 aliphatic rings. The number of aliphatic hydroxyl groups excluding tert-OH is 1. The summed E-state index contributed by atoms with van der Waals surface area (Å²) in [6.07, 6.45) is 3.39. The third-order valence-corrected chi connectivity index (χ3v) is 7.14. The number of cyclic esters (lactones) is 1. The normalized spacial score (nSPS) is 15.1. The van der Waals surface area contributed by atoms with Gasteiger partial charge in [0.1, 0.15) is 12.4 Å². The second-order valence-corrected chi connectivity index (χ2v) is 9.33. The number of aromatic nitrogens is 2. The summed E-state index contributed by atoms with van der Waals surface area (Å²) >= 11 is 1.80. The fraction of sp³-hybridized carbons (Fsp3) is 0.464. The van der Waals surface area contributed by atoms with Gasteiger partial charge in [-0.25, -0.2) is 14.2 Å². The van der Waals surface area contributed by atoms with Crippen LogP contribution in [0.15, 0.2) is 23.0 Å². The van der Waals surface area contributed by atoms with E-state index in [1.165, 1.54) is 6.07 Å². The average molecular weight is 515 g/mol. The molecule has 0 saturated carbocycles. The molecule has 5 rings (SSSR count). The summed E-state index contributed by atoms with van der Waals surface area (Å²) in [5.74, 6) is 0.0139. The standard InChI is InChI=1S/C24H23FN2O4S.2C2H6/c1-12-14(5-3-4-6-32-2)15-7-13-10-27-20(21(13)26-19(15)9-18(12)25)8-16-17(23(27)29)11-31-24(30)22(16)28;2*1-2/h7-9,22,28H,3-6,10-11H2,1-2H3;2*1-2H3. The van der Waals surface area contributed by atoms with Crippen molar-refractivity contribution >= 4 is 28.6 Å². The summed E-state index contributed by atoms with van der Waals surface area (Å²) in [6.45, 7) is 9.99. The zero-order chi connectivity index (χ0) is 26.6. The first kappa shape index (κ1) is 27.9. The molecule has 6 nitrogen and oxygen atoms in total. The summed E-state index contributed by atoms with van der Waals surface area (Å²) in [4.78, 5) is 29.6. The van der Waals surface area contributed by atoms with Crippen LogP contribution < -0.4 is 5.56 Å². The number of halogens is 1. The lowest BCUT2D eigenvalue weighted by atomic mass is 9.95. The molecule has 2 aromatic heterocycles. The second kappa shape index (κ2) is 12.0. The number of hydrogen-bond donors (Lipinski definition) is 1. The van der Waals surface area contributed by atoms with Crippen LogP contribution in [0.5, 0.6) is 0 Å². The van der Waals surface area contributed by atoms with Crippen molar-refractivity contribution in [2.24, 2.45) is 0 Å². The van der Waals surface area contributed by atoms with Gasteiger partial charge in [0, 0.05) is 22.6 Å². The highest BCUT2D eigenvalue weighted by molar-refractivity contribution is 7.98. The predicted molar refractivity (Wildman–Crippen MR) is 144 cm³/mol. The molecule has 1 aromatic carbocycles. The number of carbonyl (C=O) groups excluding carboxylic acids is 1. The lowest BCUT2D eigenvalue weighted by molar-refractivity contribution is -0.157. The van der Waals surface area contributed by atoms with Crippen LogP contribution in [0.2, 0.25) is 0 Å². The molecule has 0 aliphatic carbocycles. The van der Waals surface area contributed by atoms with Gasteiger partial charge in [0.25, 0.3) is 5.56 Å². The number of rotatable bonds is 5. The van der Waals surface area contributed by atoms with Crippen molar-refractivity contribution in [1.82, 2.24) is 9.55 Å². The van der Waals surface area contributed by atoms with Crippen LogP contribution in [0, 0.1) is 12.7 Å². The van der Waals surface area contributed by atoms with Gasteiger partial charge in [-0.3, -0.25) is 4.79 Å². The fourth-order valence-corrected chi connectivity index (χ4v) is 5.17. The number of nitrogens with zero attached hydrogens (tertiary/aromatic N) is 2. The molecule has 1 atom stereocenters. The van der Waals surface area contributed by atoms with Crippen molar-refractivity contribution in [2.45, 2.75) is 73.1 Å². The van der Waals surface area contributed by atoms with Crippen molar-refractivity contribution in [3.63, 3.8) is 0 Å². The minimum Gasteiger partial charge on any atom is -0.458 e. The zero-order valence-corrected chi connectivity index (χ0v) is 22.7. The van der Waals surface area contributed by atoms with Gasteiger partial charge in [0.05, 0.1) is 29.0 Å². The van der Waals surface area contributed by atoms with E-state index in [-0.39, 0.29) is 29.1 Å². The topological polar surface area (TPSA) is 81.4 Å². The molecule has 1 N–H and O–H groups in total. The molecular formula is C28H35FN2O4S. The molecule has 0 amide bonds. The lowest BCUT2D eigenvalue weighted by Gasteiger charge is -2.21. The Balaban J connectivity index is 0.000000861. The number of fused-ring (bicyclic) bond motifs is 5. The highest BCUT2D eigenvalue weighted by Gasteiger charge is 2.33. The number of thioether (sulfide) groups is 1. The van der Waals surface area contributed by atoms with Crippen molar-refractivity contribution in [1.29, 1.82) is 0 Å². The summed E-state index contributed by atoms with van der Waals surface area (Å²) in [7, 11) is 0. The van der Waals surface area contributed by atoms with E-state index >= 15 is 0 Å². The molecular weight excluding hydrogens is 479 g/mol. The number of esters is 1. The van der Waals surface area contributed by atoms with Crippen molar-refractivity contribution < 1.29 is 19.0 Å². The second-order valence-electron chi connectivity index (χ2n) is 8.34. The van der Waals surface area contributed by atoms with E-state index in [9.17, 15) is 19.1 Å². The van der Waals surface area contributed by atoms with E-state index < -0.39 is 12.1 Å². The van der Waals surface area contributed by atoms with Gasteiger partial charge in [-0.1, -0.05) is 27.7 Å². The van der Waals surface area contributed by atoms with Crippen LogP contribution >= 0.6 is 11.8 Å². The Morgan fingerprint density at radius 2 is 1.89 bits per heavy atom. The maximum atomic E-state index is 14.7. The molecule has 0 bridgehead atoms. The van der Waals surface area contributed by atoms with Crippen molar-refractivity contribution in [3.05, 3.63) is 62.2 Å². The molecule has 0 spiro atoms. The number of unbranched alkanes of at least 4 members (excludes halogenated alkanes) is 1. The first-order valence-electron chi connectivity index (χ1n) is 12.6. The highest BCUT2D eigenvalue weighted by atomic mass is 32.2. The van der Waals surface area contributed by atoms with Gasteiger partial charge >= 0.3 is 5.97 Å². The molecule has 0 fully saturated rings. The minimum absolute atomic E-state index is 0.152. The largest absolute Gasteiger partial charge is 0.458 e. The van der Waals surface area contributed by atoms with Crippen LogP contribution in [-0.2, 0) is 29.1 Å². The molecule has 194 valence electrons. The monoisotopic (exact) mass is 514 g/mol. The number of benzene rings is 1. The maximum absolute atomic E-state index is 14.7. The van der Waals surface area contributed by atoms with E-state index in [0.29, 0.717) is 29.0 Å². The third kappa shape index (κ3) is 4.93. The van der Waals surface area contributed by atoms with E-state index in [1.807, 2.05) is 33.8 Å². The number of aryl methyl sites for hydroxylation is 1. The van der Waals surface area contributed by atoms with Crippen LogP contribution in [0.4, 0.5) is 4.39 Å². The van der Waals surface area contributed by atoms with E-state index in [4.69, 9.17) is 9.72 Å². The van der Waals surface area contributed by atoms with Crippen molar-refractivity contribution in [2.75, 3.05) is 12.0 Å². The van der Waals surface area contributed by atoms with Gasteiger partial charge in [0.15, 0.2) is 6.10 Å². The zero-order valence-electron chi connectivity index (χ0n) is 21.9. The number of ether oxygens (including phenoxy) is 1. The Morgan fingerprint density at radius 3 is 2.58 bits per heavy atom. The molecule has 4 heterocycles. The van der Waals surface area contributed by atoms with E-state index in [2.05, 4.69) is 6.26 Å². The van der Waals surface area contributed by atoms with Gasteiger partial charge in [-0.2, -0.15) is 11.8 Å². The number of aliphatic hydroxyl groups is 1. The van der Waals surface area contributed by atoms with Gasteiger partial charge < -0.3 is 14.4 Å². The molecule has 2 aliphatic heterocycles. The molecule has 3 aromatic rings. The molecule has 8 heteroatoms. The SMILES string of the molecule is CC.CC.CSCCCCc1c(C)c(F)cc2nc3c(cc12)Cn1c-3cc2c(c1=O)COC(=O)C2O. The Kier molecular flexibility index (Phi) is 9.30. The first-order chi connectivity index (χ1) is 17.4. The smallest absolute Gasteiger partial charge is 0.340 e. The van der Waals surface area contributed by atoms with Gasteiger partial charge in [0.2, 0.25) is 0 Å². The lowest BCUT2D eigenvalue weighted by Crippen LogP contribution is -2.32. The summed E-state index contributed by atoms with van der Waals surface area (Å²) < 4.78 is 21.3. The van der Waals surface area contributed by atoms with E-state index in [1.54, 1.807) is 29.3 Å². The maximum Gasteiger partial charge on any atom is 0.340 e. The van der Waals surface area contributed by atoms with Crippen LogP contribution in [0.25, 0.3) is 22.3 Å².